The van der Waals surface area contributed by atoms with Crippen LogP contribution >= 0.6 is 31.9 Å². The van der Waals surface area contributed by atoms with E-state index in [1.807, 2.05) is 0 Å². The summed E-state index contributed by atoms with van der Waals surface area (Å²) in [6, 6.07) is 2.93. The maximum absolute atomic E-state index is 10.8. The molecule has 86 valence electrons. The zero-order valence-electron chi connectivity index (χ0n) is 7.87. The number of amides is 1. The Hall–Kier alpha value is -1.08. The minimum absolute atomic E-state index is 0.0441. The molecule has 0 saturated heterocycles. The van der Waals surface area contributed by atoms with Gasteiger partial charge in [-0.05, 0) is 44.0 Å². The Morgan fingerprint density at radius 2 is 2.00 bits per heavy atom. The van der Waals surface area contributed by atoms with Gasteiger partial charge in [0.1, 0.15) is 5.75 Å². The number of ether oxygens (including phenoxy) is 1. The molecule has 0 atom stereocenters. The van der Waals surface area contributed by atoms with Crippen molar-refractivity contribution in [2.24, 2.45) is 5.73 Å². The highest BCUT2D eigenvalue weighted by atomic mass is 79.9. The molecule has 1 aromatic carbocycles. The van der Waals surface area contributed by atoms with Gasteiger partial charge in [-0.15, -0.1) is 0 Å². The van der Waals surface area contributed by atoms with Gasteiger partial charge in [0.15, 0.2) is 6.61 Å². The Bertz CT molecular complexity index is 447. The Balaban J connectivity index is 3.11. The Kier molecular flexibility index (Phi) is 4.31. The minimum Gasteiger partial charge on any atom is -0.481 e. The number of carbonyl (C=O) groups excluding carboxylic acids is 1. The smallest absolute Gasteiger partial charge is 0.336 e. The molecule has 1 aromatic rings. The lowest BCUT2D eigenvalue weighted by Crippen LogP contribution is -2.20. The van der Waals surface area contributed by atoms with E-state index < -0.39 is 11.9 Å². The van der Waals surface area contributed by atoms with Crippen LogP contribution in [0.2, 0.25) is 0 Å². The molecule has 16 heavy (non-hydrogen) atoms. The topological polar surface area (TPSA) is 89.6 Å². The van der Waals surface area contributed by atoms with Gasteiger partial charge in [-0.25, -0.2) is 4.79 Å². The number of hydrogen-bond acceptors (Lipinski definition) is 3. The quantitative estimate of drug-likeness (QED) is 0.864. The van der Waals surface area contributed by atoms with Crippen LogP contribution in [0.3, 0.4) is 0 Å². The SMILES string of the molecule is NC(=O)COc1c(Br)ccc(C(=O)O)c1Br. The van der Waals surface area contributed by atoms with E-state index in [2.05, 4.69) is 31.9 Å². The second-order valence-electron chi connectivity index (χ2n) is 2.80. The second kappa shape index (κ2) is 5.31. The number of carboxylic acids is 1. The monoisotopic (exact) mass is 351 g/mol. The van der Waals surface area contributed by atoms with E-state index in [0.717, 1.165) is 0 Å². The highest BCUT2D eigenvalue weighted by Crippen LogP contribution is 2.36. The number of nitrogens with two attached hydrogens (primary N) is 1. The van der Waals surface area contributed by atoms with Gasteiger partial charge in [-0.1, -0.05) is 0 Å². The number of carboxylic acid groups (broad SMARTS) is 1. The number of halogens is 2. The summed E-state index contributed by atoms with van der Waals surface area (Å²) in [4.78, 5) is 21.4. The van der Waals surface area contributed by atoms with Crippen LogP contribution in [0, 0.1) is 0 Å². The van der Waals surface area contributed by atoms with Crippen molar-refractivity contribution >= 4 is 43.7 Å². The summed E-state index contributed by atoms with van der Waals surface area (Å²) in [5.41, 5.74) is 4.97. The van der Waals surface area contributed by atoms with Crippen molar-refractivity contribution in [2.45, 2.75) is 0 Å². The number of aromatic carboxylic acids is 1. The predicted molar refractivity (Wildman–Crippen MR) is 63.5 cm³/mol. The van der Waals surface area contributed by atoms with E-state index in [1.54, 1.807) is 0 Å². The van der Waals surface area contributed by atoms with Gasteiger partial charge in [0.25, 0.3) is 5.91 Å². The fraction of sp³-hybridized carbons (Fsp3) is 0.111. The Labute approximate surface area is 108 Å². The van der Waals surface area contributed by atoms with Crippen LogP contribution in [-0.2, 0) is 4.79 Å². The van der Waals surface area contributed by atoms with E-state index in [4.69, 9.17) is 15.6 Å². The third kappa shape index (κ3) is 2.96. The standard InChI is InChI=1S/C9H7Br2NO4/c10-5-2-1-4(9(14)15)7(11)8(5)16-3-6(12)13/h1-2H,3H2,(H2,12,13)(H,14,15). The lowest BCUT2D eigenvalue weighted by atomic mass is 10.2. The zero-order chi connectivity index (χ0) is 12.3. The summed E-state index contributed by atoms with van der Waals surface area (Å²) in [6.07, 6.45) is 0. The van der Waals surface area contributed by atoms with Crippen LogP contribution in [0.15, 0.2) is 21.1 Å². The predicted octanol–water partition coefficient (Wildman–Crippen LogP) is 1.77. The third-order valence-corrected chi connectivity index (χ3v) is 3.05. The van der Waals surface area contributed by atoms with Crippen LogP contribution in [0.1, 0.15) is 10.4 Å². The van der Waals surface area contributed by atoms with E-state index in [0.29, 0.717) is 4.47 Å². The molecule has 0 radical (unpaired) electrons. The summed E-state index contributed by atoms with van der Waals surface area (Å²) >= 11 is 6.28. The summed E-state index contributed by atoms with van der Waals surface area (Å²) in [5, 5.41) is 8.87. The summed E-state index contributed by atoms with van der Waals surface area (Å²) in [7, 11) is 0. The molecule has 0 unspecified atom stereocenters. The molecule has 1 rings (SSSR count). The van der Waals surface area contributed by atoms with Gasteiger partial charge in [0.2, 0.25) is 0 Å². The summed E-state index contributed by atoms with van der Waals surface area (Å²) in [5.74, 6) is -1.50. The molecular weight excluding hydrogens is 346 g/mol. The Morgan fingerprint density at radius 1 is 1.38 bits per heavy atom. The van der Waals surface area contributed by atoms with Crippen LogP contribution in [-0.4, -0.2) is 23.6 Å². The highest BCUT2D eigenvalue weighted by Gasteiger charge is 2.16. The molecule has 0 bridgehead atoms. The van der Waals surface area contributed by atoms with Crippen molar-refractivity contribution < 1.29 is 19.4 Å². The molecular formula is C9H7Br2NO4. The van der Waals surface area contributed by atoms with E-state index in [-0.39, 0.29) is 22.4 Å². The number of primary amides is 1. The van der Waals surface area contributed by atoms with Crippen molar-refractivity contribution in [2.75, 3.05) is 6.61 Å². The molecule has 3 N–H and O–H groups in total. The molecule has 0 saturated carbocycles. The average Bonchev–Trinajstić information content (AvgIpc) is 2.16. The fourth-order valence-electron chi connectivity index (χ4n) is 0.973. The first-order chi connectivity index (χ1) is 7.43. The van der Waals surface area contributed by atoms with Crippen molar-refractivity contribution in [3.8, 4) is 5.75 Å². The molecule has 0 aliphatic rings. The average molecular weight is 353 g/mol. The molecule has 5 nitrogen and oxygen atoms in total. The summed E-state index contributed by atoms with van der Waals surface area (Å²) < 4.78 is 5.88. The molecule has 0 spiro atoms. The van der Waals surface area contributed by atoms with Crippen molar-refractivity contribution in [1.29, 1.82) is 0 Å². The minimum atomic E-state index is -1.09. The van der Waals surface area contributed by atoms with Crippen molar-refractivity contribution in [1.82, 2.24) is 0 Å². The normalized spacial score (nSPS) is 9.88. The van der Waals surface area contributed by atoms with Gasteiger partial charge in [-0.2, -0.15) is 0 Å². The van der Waals surface area contributed by atoms with Crippen LogP contribution in [0.5, 0.6) is 5.75 Å². The molecule has 1 amide bonds. The number of benzene rings is 1. The molecule has 0 fully saturated rings. The van der Waals surface area contributed by atoms with Gasteiger partial charge in [0, 0.05) is 0 Å². The number of rotatable bonds is 4. The van der Waals surface area contributed by atoms with E-state index >= 15 is 0 Å². The van der Waals surface area contributed by atoms with Crippen LogP contribution < -0.4 is 10.5 Å². The van der Waals surface area contributed by atoms with Gasteiger partial charge in [0.05, 0.1) is 14.5 Å². The maximum atomic E-state index is 10.8. The molecule has 0 aliphatic carbocycles. The lowest BCUT2D eigenvalue weighted by Gasteiger charge is -2.10. The van der Waals surface area contributed by atoms with Gasteiger partial charge < -0.3 is 15.6 Å². The zero-order valence-corrected chi connectivity index (χ0v) is 11.0. The number of carbonyl (C=O) groups is 2. The van der Waals surface area contributed by atoms with Crippen LogP contribution in [0.4, 0.5) is 0 Å². The van der Waals surface area contributed by atoms with E-state index in [1.165, 1.54) is 12.1 Å². The van der Waals surface area contributed by atoms with Crippen molar-refractivity contribution in [3.63, 3.8) is 0 Å². The molecule has 0 aliphatic heterocycles. The summed E-state index contributed by atoms with van der Waals surface area (Å²) in [6.45, 7) is -0.319. The number of hydrogen-bond donors (Lipinski definition) is 2. The molecule has 0 aromatic heterocycles. The fourth-order valence-corrected chi connectivity index (χ4v) is 2.31. The largest absolute Gasteiger partial charge is 0.481 e. The molecule has 0 heterocycles. The third-order valence-electron chi connectivity index (χ3n) is 1.64. The van der Waals surface area contributed by atoms with Crippen molar-refractivity contribution in [3.05, 3.63) is 26.6 Å². The second-order valence-corrected chi connectivity index (χ2v) is 4.45. The highest BCUT2D eigenvalue weighted by molar-refractivity contribution is 9.11. The first kappa shape index (κ1) is 13.0. The lowest BCUT2D eigenvalue weighted by molar-refractivity contribution is -0.119. The van der Waals surface area contributed by atoms with E-state index in [9.17, 15) is 9.59 Å². The first-order valence-corrected chi connectivity index (χ1v) is 5.64. The van der Waals surface area contributed by atoms with Gasteiger partial charge >= 0.3 is 5.97 Å². The Morgan fingerprint density at radius 3 is 2.50 bits per heavy atom. The first-order valence-electron chi connectivity index (χ1n) is 4.06. The van der Waals surface area contributed by atoms with Gasteiger partial charge in [-0.3, -0.25) is 4.79 Å². The molecule has 7 heteroatoms. The maximum Gasteiger partial charge on any atom is 0.336 e. The van der Waals surface area contributed by atoms with Crippen LogP contribution in [0.25, 0.3) is 0 Å².